The van der Waals surface area contributed by atoms with Crippen LogP contribution in [0, 0.1) is 0 Å². The van der Waals surface area contributed by atoms with E-state index in [4.69, 9.17) is 14.0 Å². The fourth-order valence-corrected chi connectivity index (χ4v) is 3.09. The Kier molecular flexibility index (Phi) is 4.73. The van der Waals surface area contributed by atoms with Crippen LogP contribution in [0.4, 0.5) is 0 Å². The van der Waals surface area contributed by atoms with Gasteiger partial charge in [-0.2, -0.15) is 0 Å². The monoisotopic (exact) mass is 348 g/mol. The van der Waals surface area contributed by atoms with E-state index in [1.807, 2.05) is 0 Å². The second kappa shape index (κ2) is 6.96. The molecule has 1 aliphatic heterocycles. The lowest BCUT2D eigenvalue weighted by molar-refractivity contribution is 0.0594. The van der Waals surface area contributed by atoms with Crippen LogP contribution in [0.5, 0.6) is 5.88 Å². The number of hydrogen-bond donors (Lipinski definition) is 0. The number of aromatic nitrogens is 3. The minimum atomic E-state index is -0.463. The minimum Gasteiger partial charge on any atom is -0.479 e. The van der Waals surface area contributed by atoms with Crippen molar-refractivity contribution in [3.05, 3.63) is 29.3 Å². The zero-order chi connectivity index (χ0) is 18.0. The molecule has 2 aromatic rings. The van der Waals surface area contributed by atoms with Gasteiger partial charge in [-0.1, -0.05) is 5.16 Å². The molecule has 0 unspecified atom stereocenters. The highest BCUT2D eigenvalue weighted by molar-refractivity contribution is 5.96. The molecule has 1 fully saturated rings. The standard InChI is InChI=1S/C16H20N4O5/c1-19-8-11(14(17-19)23-2)15(21)20-6-4-10(5-7-20)13-12(9-25-18-13)16(22)24-3/h8-10H,4-7H2,1-3H3. The third kappa shape index (κ3) is 3.21. The number of aryl methyl sites for hydroxylation is 1. The third-order valence-corrected chi connectivity index (χ3v) is 4.39. The summed E-state index contributed by atoms with van der Waals surface area (Å²) in [4.78, 5) is 26.2. The average molecular weight is 348 g/mol. The number of esters is 1. The van der Waals surface area contributed by atoms with Gasteiger partial charge in [0.25, 0.3) is 5.91 Å². The summed E-state index contributed by atoms with van der Waals surface area (Å²) in [5.41, 5.74) is 1.39. The summed E-state index contributed by atoms with van der Waals surface area (Å²) in [6, 6.07) is 0. The Balaban J connectivity index is 1.69. The number of nitrogens with zero attached hydrogens (tertiary/aromatic N) is 4. The van der Waals surface area contributed by atoms with Crippen molar-refractivity contribution in [1.29, 1.82) is 0 Å². The molecule has 1 aliphatic rings. The molecule has 25 heavy (non-hydrogen) atoms. The largest absolute Gasteiger partial charge is 0.479 e. The number of amides is 1. The Bertz CT molecular complexity index is 773. The molecule has 0 aromatic carbocycles. The molecule has 0 spiro atoms. The number of carbonyl (C=O) groups excluding carboxylic acids is 2. The normalized spacial score (nSPS) is 15.2. The first-order valence-electron chi connectivity index (χ1n) is 7.94. The van der Waals surface area contributed by atoms with Crippen molar-refractivity contribution >= 4 is 11.9 Å². The predicted molar refractivity (Wildman–Crippen MR) is 85.5 cm³/mol. The van der Waals surface area contributed by atoms with E-state index in [0.29, 0.717) is 48.6 Å². The highest BCUT2D eigenvalue weighted by Crippen LogP contribution is 2.31. The Labute approximate surface area is 144 Å². The van der Waals surface area contributed by atoms with Crippen molar-refractivity contribution in [2.75, 3.05) is 27.3 Å². The van der Waals surface area contributed by atoms with Crippen LogP contribution in [0.15, 0.2) is 17.0 Å². The van der Waals surface area contributed by atoms with Crippen LogP contribution < -0.4 is 4.74 Å². The Morgan fingerprint density at radius 1 is 1.24 bits per heavy atom. The number of rotatable bonds is 4. The molecule has 0 aliphatic carbocycles. The maximum Gasteiger partial charge on any atom is 0.343 e. The molecule has 1 saturated heterocycles. The first-order chi connectivity index (χ1) is 12.0. The van der Waals surface area contributed by atoms with Gasteiger partial charge in [-0.15, -0.1) is 5.10 Å². The molecule has 9 heteroatoms. The van der Waals surface area contributed by atoms with Crippen LogP contribution in [0.3, 0.4) is 0 Å². The Hall–Kier alpha value is -2.84. The zero-order valence-electron chi connectivity index (χ0n) is 14.4. The quantitative estimate of drug-likeness (QED) is 0.766. The molecular weight excluding hydrogens is 328 g/mol. The van der Waals surface area contributed by atoms with Crippen LogP contribution in [-0.2, 0) is 11.8 Å². The summed E-state index contributed by atoms with van der Waals surface area (Å²) < 4.78 is 16.4. The summed E-state index contributed by atoms with van der Waals surface area (Å²) in [5, 5.41) is 8.07. The van der Waals surface area contributed by atoms with Crippen LogP contribution in [0.25, 0.3) is 0 Å². The minimum absolute atomic E-state index is 0.0488. The lowest BCUT2D eigenvalue weighted by Gasteiger charge is -2.31. The number of hydrogen-bond acceptors (Lipinski definition) is 7. The lowest BCUT2D eigenvalue weighted by Crippen LogP contribution is -2.38. The zero-order valence-corrected chi connectivity index (χ0v) is 14.4. The van der Waals surface area contributed by atoms with Crippen molar-refractivity contribution in [1.82, 2.24) is 19.8 Å². The van der Waals surface area contributed by atoms with Crippen LogP contribution in [-0.4, -0.2) is 59.0 Å². The van der Waals surface area contributed by atoms with Gasteiger partial charge in [0.15, 0.2) is 0 Å². The number of carbonyl (C=O) groups is 2. The van der Waals surface area contributed by atoms with E-state index in [1.54, 1.807) is 22.8 Å². The van der Waals surface area contributed by atoms with E-state index in [2.05, 4.69) is 10.3 Å². The van der Waals surface area contributed by atoms with E-state index in [0.717, 1.165) is 0 Å². The van der Waals surface area contributed by atoms with Crippen molar-refractivity contribution in [2.24, 2.45) is 7.05 Å². The van der Waals surface area contributed by atoms with Crippen LogP contribution in [0.1, 0.15) is 45.2 Å². The molecule has 2 aromatic heterocycles. The lowest BCUT2D eigenvalue weighted by atomic mass is 9.91. The van der Waals surface area contributed by atoms with Gasteiger partial charge in [-0.25, -0.2) is 4.79 Å². The number of likely N-dealkylation sites (tertiary alicyclic amines) is 1. The smallest absolute Gasteiger partial charge is 0.343 e. The van der Waals surface area contributed by atoms with Gasteiger partial charge in [0.05, 0.1) is 14.2 Å². The molecule has 0 radical (unpaired) electrons. The highest BCUT2D eigenvalue weighted by Gasteiger charge is 2.31. The Morgan fingerprint density at radius 3 is 2.60 bits per heavy atom. The first-order valence-corrected chi connectivity index (χ1v) is 7.94. The SMILES string of the molecule is COC(=O)c1conc1C1CCN(C(=O)c2cn(C)nc2OC)CC1. The summed E-state index contributed by atoms with van der Waals surface area (Å²) >= 11 is 0. The van der Waals surface area contributed by atoms with Gasteiger partial charge in [0.2, 0.25) is 5.88 Å². The summed E-state index contributed by atoms with van der Waals surface area (Å²) in [6.07, 6.45) is 4.33. The topological polar surface area (TPSA) is 99.7 Å². The van der Waals surface area contributed by atoms with Crippen LogP contribution in [0.2, 0.25) is 0 Å². The predicted octanol–water partition coefficient (Wildman–Crippen LogP) is 1.22. The molecule has 1 amide bonds. The molecular formula is C16H20N4O5. The average Bonchev–Trinajstić information content (AvgIpc) is 3.27. The molecule has 0 atom stereocenters. The van der Waals surface area contributed by atoms with E-state index in [1.165, 1.54) is 20.5 Å². The van der Waals surface area contributed by atoms with Crippen molar-refractivity contribution < 1.29 is 23.6 Å². The fraction of sp³-hybridized carbons (Fsp3) is 0.500. The molecule has 0 saturated carbocycles. The number of ether oxygens (including phenoxy) is 2. The van der Waals surface area contributed by atoms with Gasteiger partial charge in [0.1, 0.15) is 23.1 Å². The molecule has 9 nitrogen and oxygen atoms in total. The maximum absolute atomic E-state index is 12.7. The molecule has 134 valence electrons. The maximum atomic E-state index is 12.7. The van der Waals surface area contributed by atoms with Gasteiger partial charge >= 0.3 is 5.97 Å². The molecule has 3 rings (SSSR count). The molecule has 3 heterocycles. The van der Waals surface area contributed by atoms with Crippen molar-refractivity contribution in [3.63, 3.8) is 0 Å². The van der Waals surface area contributed by atoms with E-state index < -0.39 is 5.97 Å². The second-order valence-electron chi connectivity index (χ2n) is 5.90. The van der Waals surface area contributed by atoms with Gasteiger partial charge < -0.3 is 18.9 Å². The van der Waals surface area contributed by atoms with Gasteiger partial charge in [-0.05, 0) is 12.8 Å². The summed E-state index contributed by atoms with van der Waals surface area (Å²) in [5.74, 6) is -0.210. The van der Waals surface area contributed by atoms with Gasteiger partial charge in [0, 0.05) is 32.3 Å². The fourth-order valence-electron chi connectivity index (χ4n) is 3.09. The number of piperidine rings is 1. The summed E-state index contributed by atoms with van der Waals surface area (Å²) in [6.45, 7) is 1.10. The third-order valence-electron chi connectivity index (χ3n) is 4.39. The van der Waals surface area contributed by atoms with Gasteiger partial charge in [-0.3, -0.25) is 9.48 Å². The van der Waals surface area contributed by atoms with Crippen molar-refractivity contribution in [3.8, 4) is 5.88 Å². The second-order valence-corrected chi connectivity index (χ2v) is 5.90. The van der Waals surface area contributed by atoms with E-state index in [9.17, 15) is 9.59 Å². The van der Waals surface area contributed by atoms with Crippen LogP contribution >= 0.6 is 0 Å². The summed E-state index contributed by atoms with van der Waals surface area (Å²) in [7, 11) is 4.55. The molecule has 0 N–H and O–H groups in total. The Morgan fingerprint density at radius 2 is 1.96 bits per heavy atom. The van der Waals surface area contributed by atoms with E-state index >= 15 is 0 Å². The van der Waals surface area contributed by atoms with Crippen molar-refractivity contribution in [2.45, 2.75) is 18.8 Å². The van der Waals surface area contributed by atoms with E-state index in [-0.39, 0.29) is 11.8 Å². The molecule has 0 bridgehead atoms. The number of methoxy groups -OCH3 is 2. The first kappa shape index (κ1) is 17.0. The highest BCUT2D eigenvalue weighted by atomic mass is 16.5.